The molecule has 24 heavy (non-hydrogen) atoms. The smallest absolute Gasteiger partial charge is 0.0576 e. The molecule has 0 spiro atoms. The first-order valence-electron chi connectivity index (χ1n) is 8.76. The van der Waals surface area contributed by atoms with Gasteiger partial charge in [0.25, 0.3) is 0 Å². The van der Waals surface area contributed by atoms with E-state index >= 15 is 0 Å². The first-order valence-corrected chi connectivity index (χ1v) is 8.76. The highest BCUT2D eigenvalue weighted by molar-refractivity contribution is 5.33. The Hall–Kier alpha value is -1.68. The molecule has 2 unspecified atom stereocenters. The Morgan fingerprint density at radius 3 is 2.42 bits per heavy atom. The summed E-state index contributed by atoms with van der Waals surface area (Å²) in [5, 5.41) is 13.2. The summed E-state index contributed by atoms with van der Waals surface area (Å²) in [6, 6.07) is 19.4. The molecule has 1 saturated heterocycles. The van der Waals surface area contributed by atoms with Crippen molar-refractivity contribution in [1.82, 2.24) is 5.32 Å². The van der Waals surface area contributed by atoms with Crippen LogP contribution in [0.5, 0.6) is 0 Å². The third-order valence-electron chi connectivity index (χ3n) is 5.05. The molecule has 0 bridgehead atoms. The molecule has 0 aliphatic carbocycles. The quantitative estimate of drug-likeness (QED) is 0.819. The van der Waals surface area contributed by atoms with Gasteiger partial charge in [0.2, 0.25) is 0 Å². The van der Waals surface area contributed by atoms with Crippen LogP contribution in [0.25, 0.3) is 0 Å². The Morgan fingerprint density at radius 1 is 1.08 bits per heavy atom. The zero-order valence-corrected chi connectivity index (χ0v) is 14.4. The van der Waals surface area contributed by atoms with E-state index in [-0.39, 0.29) is 18.1 Å². The topological polar surface area (TPSA) is 41.5 Å². The van der Waals surface area contributed by atoms with Crippen molar-refractivity contribution in [2.45, 2.75) is 25.8 Å². The third kappa shape index (κ3) is 4.04. The van der Waals surface area contributed by atoms with Crippen molar-refractivity contribution in [2.75, 3.05) is 26.4 Å². The first kappa shape index (κ1) is 17.2. The van der Waals surface area contributed by atoms with Crippen molar-refractivity contribution in [3.63, 3.8) is 0 Å². The number of benzene rings is 2. The van der Waals surface area contributed by atoms with E-state index in [2.05, 4.69) is 60.8 Å². The lowest BCUT2D eigenvalue weighted by Crippen LogP contribution is -2.38. The normalized spacial score (nSPS) is 21.8. The summed E-state index contributed by atoms with van der Waals surface area (Å²) >= 11 is 0. The van der Waals surface area contributed by atoms with Crippen molar-refractivity contribution in [3.05, 3.63) is 71.3 Å². The number of hydrogen-bond donors (Lipinski definition) is 2. The van der Waals surface area contributed by atoms with Gasteiger partial charge in [0, 0.05) is 25.2 Å². The van der Waals surface area contributed by atoms with Gasteiger partial charge in [-0.1, -0.05) is 60.2 Å². The summed E-state index contributed by atoms with van der Waals surface area (Å²) in [7, 11) is 0. The molecule has 1 aliphatic heterocycles. The largest absolute Gasteiger partial charge is 0.396 e. The molecule has 2 N–H and O–H groups in total. The first-order chi connectivity index (χ1) is 11.7. The Morgan fingerprint density at radius 2 is 1.79 bits per heavy atom. The Bertz CT molecular complexity index is 618. The van der Waals surface area contributed by atoms with Crippen LogP contribution in [0.3, 0.4) is 0 Å². The zero-order chi connectivity index (χ0) is 16.8. The minimum Gasteiger partial charge on any atom is -0.396 e. The van der Waals surface area contributed by atoms with E-state index < -0.39 is 0 Å². The second kappa shape index (κ2) is 7.93. The molecule has 0 aromatic heterocycles. The molecule has 1 fully saturated rings. The van der Waals surface area contributed by atoms with Gasteiger partial charge in [-0.3, -0.25) is 0 Å². The molecule has 128 valence electrons. The van der Waals surface area contributed by atoms with E-state index in [1.807, 2.05) is 6.07 Å². The molecule has 2 aromatic rings. The monoisotopic (exact) mass is 325 g/mol. The lowest BCUT2D eigenvalue weighted by molar-refractivity contribution is 0.123. The lowest BCUT2D eigenvalue weighted by Gasteiger charge is -2.30. The SMILES string of the molecule is Cc1ccc(C(NCC2(CCO)CCOC2)c2ccccc2)cc1. The molecule has 1 aliphatic rings. The molecule has 3 heteroatoms. The van der Waals surface area contributed by atoms with Crippen LogP contribution >= 0.6 is 0 Å². The van der Waals surface area contributed by atoms with Crippen LogP contribution < -0.4 is 5.32 Å². The fourth-order valence-corrected chi connectivity index (χ4v) is 3.46. The molecule has 2 aromatic carbocycles. The predicted molar refractivity (Wildman–Crippen MR) is 97.0 cm³/mol. The van der Waals surface area contributed by atoms with Gasteiger partial charge >= 0.3 is 0 Å². The van der Waals surface area contributed by atoms with Gasteiger partial charge in [-0.15, -0.1) is 0 Å². The molecule has 1 heterocycles. The van der Waals surface area contributed by atoms with Gasteiger partial charge in [0.15, 0.2) is 0 Å². The molecule has 3 rings (SSSR count). The summed E-state index contributed by atoms with van der Waals surface area (Å²) in [6.45, 7) is 4.70. The average molecular weight is 325 g/mol. The van der Waals surface area contributed by atoms with Crippen LogP contribution in [0.15, 0.2) is 54.6 Å². The van der Waals surface area contributed by atoms with Crippen LogP contribution in [0.2, 0.25) is 0 Å². The lowest BCUT2D eigenvalue weighted by atomic mass is 9.83. The van der Waals surface area contributed by atoms with E-state index in [0.717, 1.165) is 32.6 Å². The van der Waals surface area contributed by atoms with E-state index in [0.29, 0.717) is 0 Å². The average Bonchev–Trinajstić information content (AvgIpc) is 3.07. The van der Waals surface area contributed by atoms with Crippen LogP contribution in [0.1, 0.15) is 35.6 Å². The summed E-state index contributed by atoms with van der Waals surface area (Å²) in [5.74, 6) is 0. The maximum absolute atomic E-state index is 9.44. The molecular weight excluding hydrogens is 298 g/mol. The number of aliphatic hydroxyl groups is 1. The number of aliphatic hydroxyl groups excluding tert-OH is 1. The Balaban J connectivity index is 1.81. The Kier molecular flexibility index (Phi) is 5.67. The number of hydrogen-bond acceptors (Lipinski definition) is 3. The maximum Gasteiger partial charge on any atom is 0.0576 e. The summed E-state index contributed by atoms with van der Waals surface area (Å²) in [5.41, 5.74) is 3.85. The molecule has 2 atom stereocenters. The second-order valence-corrected chi connectivity index (χ2v) is 6.91. The highest BCUT2D eigenvalue weighted by Gasteiger charge is 2.35. The van der Waals surface area contributed by atoms with Crippen molar-refractivity contribution in [3.8, 4) is 0 Å². The minimum absolute atomic E-state index is 0.0481. The van der Waals surface area contributed by atoms with E-state index in [1.54, 1.807) is 0 Å². The van der Waals surface area contributed by atoms with Crippen LogP contribution in [0, 0.1) is 12.3 Å². The summed E-state index contributed by atoms with van der Waals surface area (Å²) in [4.78, 5) is 0. The van der Waals surface area contributed by atoms with Crippen molar-refractivity contribution >= 4 is 0 Å². The van der Waals surface area contributed by atoms with E-state index in [1.165, 1.54) is 16.7 Å². The number of aryl methyl sites for hydroxylation is 1. The molecular formula is C21H27NO2. The fourth-order valence-electron chi connectivity index (χ4n) is 3.46. The van der Waals surface area contributed by atoms with Crippen molar-refractivity contribution < 1.29 is 9.84 Å². The summed E-state index contributed by atoms with van der Waals surface area (Å²) < 4.78 is 5.62. The van der Waals surface area contributed by atoms with Crippen LogP contribution in [-0.2, 0) is 4.74 Å². The molecule has 0 radical (unpaired) electrons. The van der Waals surface area contributed by atoms with Crippen LogP contribution in [0.4, 0.5) is 0 Å². The Labute approximate surface area is 144 Å². The van der Waals surface area contributed by atoms with Gasteiger partial charge in [-0.05, 0) is 30.9 Å². The van der Waals surface area contributed by atoms with E-state index in [9.17, 15) is 5.11 Å². The second-order valence-electron chi connectivity index (χ2n) is 6.91. The van der Waals surface area contributed by atoms with Gasteiger partial charge < -0.3 is 15.2 Å². The fraction of sp³-hybridized carbons (Fsp3) is 0.429. The highest BCUT2D eigenvalue weighted by Crippen LogP contribution is 2.33. The molecule has 0 amide bonds. The number of ether oxygens (including phenoxy) is 1. The zero-order valence-electron chi connectivity index (χ0n) is 14.4. The van der Waals surface area contributed by atoms with Gasteiger partial charge in [-0.25, -0.2) is 0 Å². The third-order valence-corrected chi connectivity index (χ3v) is 5.05. The minimum atomic E-state index is 0.0481. The van der Waals surface area contributed by atoms with Crippen LogP contribution in [-0.4, -0.2) is 31.5 Å². The van der Waals surface area contributed by atoms with Crippen molar-refractivity contribution in [2.24, 2.45) is 5.41 Å². The molecule has 3 nitrogen and oxygen atoms in total. The van der Waals surface area contributed by atoms with Crippen molar-refractivity contribution in [1.29, 1.82) is 0 Å². The number of nitrogens with one attached hydrogen (secondary N) is 1. The highest BCUT2D eigenvalue weighted by atomic mass is 16.5. The van der Waals surface area contributed by atoms with Gasteiger partial charge in [-0.2, -0.15) is 0 Å². The van der Waals surface area contributed by atoms with E-state index in [4.69, 9.17) is 4.74 Å². The maximum atomic E-state index is 9.44. The van der Waals surface area contributed by atoms with Gasteiger partial charge in [0.1, 0.15) is 0 Å². The number of rotatable bonds is 7. The predicted octanol–water partition coefficient (Wildman–Crippen LogP) is 3.46. The summed E-state index contributed by atoms with van der Waals surface area (Å²) in [6.07, 6.45) is 1.80. The standard InChI is InChI=1S/C21H27NO2/c1-17-7-9-19(10-8-17)20(18-5-3-2-4-6-18)22-15-21(11-13-23)12-14-24-16-21/h2-10,20,22-23H,11-16H2,1H3. The molecule has 0 saturated carbocycles. The van der Waals surface area contributed by atoms with Gasteiger partial charge in [0.05, 0.1) is 12.6 Å².